The van der Waals surface area contributed by atoms with Crippen LogP contribution in [-0.4, -0.2) is 110 Å². The van der Waals surface area contributed by atoms with E-state index in [9.17, 15) is 44.9 Å². The van der Waals surface area contributed by atoms with Crippen LogP contribution in [0.15, 0.2) is 207 Å². The summed E-state index contributed by atoms with van der Waals surface area (Å²) in [5.74, 6) is -1.18. The standard InChI is InChI=1S/C25H18Cl2N4O2.C25H21Cl2N3O2.C21H21Cl2N3O3.C14H16ClN3O/c26-18-8-4-7-16(9-18)21(14-32)31-25(33)24-23(15-5-2-1-3-6-15)20(13-30-24)19-10-22(27)29-12-17(19)11-28;1-15-20(19-11-23(27)28-13-21(19)16-6-3-2-4-7-16)12-29-24(15)25(32)30-22(14-31)17-8-5-9-18(26)10-17;1-11-19(16-7-18(23)24-8-14(16)9-27)12(2)25-20(11)21(29)26-17(10-28)13-4-3-5-15(22)6-13;1-3-5-17-14(19)13-9(2)11(8-18-13)10-4-6-16-12(15)7-10/h1-10,12-13,21,30,32H,14H2,(H,31,33);2-13,22,29,31H,14H2,1H3,(H,30,32);3-8,17,25,27-28H,9-10H2,1-2H3,(H,26,29);4,6-8,18H,3,5H2,1-2H3,(H,17,19)/t21-;22-;17-;/m111./s1. The van der Waals surface area contributed by atoms with Crippen LogP contribution in [0, 0.1) is 39.0 Å². The van der Waals surface area contributed by atoms with E-state index >= 15 is 0 Å². The summed E-state index contributed by atoms with van der Waals surface area (Å²) in [6.45, 7) is 9.11. The van der Waals surface area contributed by atoms with Crippen LogP contribution in [0.25, 0.3) is 66.8 Å². The van der Waals surface area contributed by atoms with Crippen molar-refractivity contribution in [2.45, 2.75) is 65.8 Å². The zero-order chi connectivity index (χ0) is 81.0. The summed E-state index contributed by atoms with van der Waals surface area (Å²) in [6.07, 6.45) is 12.5. The van der Waals surface area contributed by atoms with Gasteiger partial charge in [-0.15, -0.1) is 0 Å². The van der Waals surface area contributed by atoms with Gasteiger partial charge in [0.15, 0.2) is 0 Å². The number of aliphatic hydroxyl groups is 4. The smallest absolute Gasteiger partial charge is 0.268 e. The third-order valence-corrected chi connectivity index (χ3v) is 19.8. The van der Waals surface area contributed by atoms with Crippen molar-refractivity contribution in [1.82, 2.24) is 61.1 Å². The summed E-state index contributed by atoms with van der Waals surface area (Å²) in [5, 5.41) is 63.1. The lowest BCUT2D eigenvalue weighted by molar-refractivity contribution is 0.0904. The van der Waals surface area contributed by atoms with Crippen molar-refractivity contribution in [3.63, 3.8) is 0 Å². The molecule has 0 spiro atoms. The predicted molar refractivity (Wildman–Crippen MR) is 445 cm³/mol. The number of aromatic amines is 4. The average molecular weight is 1660 g/mol. The highest BCUT2D eigenvalue weighted by Gasteiger charge is 2.28. The van der Waals surface area contributed by atoms with E-state index in [1.807, 2.05) is 114 Å². The van der Waals surface area contributed by atoms with Gasteiger partial charge in [-0.25, -0.2) is 19.9 Å². The van der Waals surface area contributed by atoms with E-state index in [1.165, 1.54) is 12.4 Å². The number of aryl methyl sites for hydroxylation is 1. The van der Waals surface area contributed by atoms with Crippen molar-refractivity contribution < 1.29 is 39.6 Å². The summed E-state index contributed by atoms with van der Waals surface area (Å²) in [5.41, 5.74) is 17.5. The molecule has 0 unspecified atom stereocenters. The lowest BCUT2D eigenvalue weighted by Gasteiger charge is -2.17. The molecule has 0 bridgehead atoms. The first-order valence-electron chi connectivity index (χ1n) is 35.2. The highest BCUT2D eigenvalue weighted by molar-refractivity contribution is 6.32. The Kier molecular flexibility index (Phi) is 29.9. The number of hydrogen-bond donors (Lipinski definition) is 12. The van der Waals surface area contributed by atoms with Crippen molar-refractivity contribution in [3.8, 4) is 72.8 Å². The van der Waals surface area contributed by atoms with Gasteiger partial charge in [-0.05, 0) is 162 Å². The molecule has 0 saturated carbocycles. The first-order valence-corrected chi connectivity index (χ1v) is 37.9. The lowest BCUT2D eigenvalue weighted by Crippen LogP contribution is -2.31. The van der Waals surface area contributed by atoms with Crippen molar-refractivity contribution >= 4 is 105 Å². The van der Waals surface area contributed by atoms with Crippen LogP contribution in [0.1, 0.15) is 124 Å². The maximum atomic E-state index is 13.3. The number of carbonyl (C=O) groups is 4. The van der Waals surface area contributed by atoms with Crippen LogP contribution in [0.4, 0.5) is 0 Å². The van der Waals surface area contributed by atoms with Gasteiger partial charge in [-0.3, -0.25) is 19.2 Å². The van der Waals surface area contributed by atoms with Crippen LogP contribution in [0.2, 0.25) is 35.7 Å². The topological polar surface area (TPSA) is 336 Å². The Morgan fingerprint density at radius 3 is 1.42 bits per heavy atom. The van der Waals surface area contributed by atoms with Gasteiger partial charge in [0.05, 0.1) is 50.1 Å². The minimum absolute atomic E-state index is 0.0780. The van der Waals surface area contributed by atoms with Gasteiger partial charge < -0.3 is 61.6 Å². The monoisotopic (exact) mass is 1650 g/mol. The van der Waals surface area contributed by atoms with Crippen molar-refractivity contribution in [3.05, 3.63) is 316 Å². The largest absolute Gasteiger partial charge is 0.394 e. The Morgan fingerprint density at radius 1 is 0.434 bits per heavy atom. The van der Waals surface area contributed by atoms with E-state index in [0.717, 1.165) is 73.3 Å². The molecule has 0 radical (unpaired) electrons. The number of pyridine rings is 4. The number of hydrogen-bond acceptors (Lipinski definition) is 13. The van der Waals surface area contributed by atoms with E-state index in [-0.39, 0.29) is 55.0 Å². The van der Waals surface area contributed by atoms with Gasteiger partial charge in [-0.2, -0.15) is 5.26 Å². The first-order chi connectivity index (χ1) is 54.5. The molecule has 5 aromatic carbocycles. The summed E-state index contributed by atoms with van der Waals surface area (Å²) in [4.78, 5) is 79.7. The number of benzene rings is 5. The fourth-order valence-corrected chi connectivity index (χ4v) is 13.9. The number of rotatable bonds is 22. The summed E-state index contributed by atoms with van der Waals surface area (Å²) in [6, 6.07) is 49.2. The second-order valence-corrected chi connectivity index (χ2v) is 28.5. The van der Waals surface area contributed by atoms with Crippen LogP contribution >= 0.6 is 81.2 Å². The van der Waals surface area contributed by atoms with Gasteiger partial charge >= 0.3 is 0 Å². The van der Waals surface area contributed by atoms with Gasteiger partial charge in [0.1, 0.15) is 49.5 Å². The molecule has 0 fully saturated rings. The van der Waals surface area contributed by atoms with Gasteiger partial charge in [0.2, 0.25) is 0 Å². The number of nitrogens with zero attached hydrogens (tertiary/aromatic N) is 5. The molecule has 13 aromatic rings. The van der Waals surface area contributed by atoms with Crippen molar-refractivity contribution in [2.75, 3.05) is 26.4 Å². The van der Waals surface area contributed by atoms with Crippen LogP contribution in [0.3, 0.4) is 0 Å². The Labute approximate surface area is 686 Å². The number of carbonyl (C=O) groups excluding carboxylic acids is 4. The minimum Gasteiger partial charge on any atom is -0.394 e. The third-order valence-electron chi connectivity index (χ3n) is 18.3. The number of nitrogens with one attached hydrogen (secondary N) is 8. The fourth-order valence-electron chi connectivity index (χ4n) is 12.7. The summed E-state index contributed by atoms with van der Waals surface area (Å²) < 4.78 is 0. The van der Waals surface area contributed by atoms with E-state index in [2.05, 4.69) is 67.2 Å². The number of aliphatic hydroxyl groups excluding tert-OH is 4. The van der Waals surface area contributed by atoms with E-state index < -0.39 is 24.0 Å². The molecule has 0 aliphatic heterocycles. The molecule has 0 aliphatic carbocycles. The fraction of sp³-hybridized carbons (Fsp3) is 0.165. The second kappa shape index (κ2) is 40.0. The highest BCUT2D eigenvalue weighted by atomic mass is 35.5. The molecule has 12 N–H and O–H groups in total. The number of H-pyrrole nitrogens is 4. The van der Waals surface area contributed by atoms with Gasteiger partial charge in [0, 0.05) is 115 Å². The molecule has 0 saturated heterocycles. The normalized spacial score (nSPS) is 11.6. The van der Waals surface area contributed by atoms with E-state index in [1.54, 1.807) is 116 Å². The molecular weight excluding hydrogens is 1580 g/mol. The maximum absolute atomic E-state index is 13.3. The first kappa shape index (κ1) is 84.5. The van der Waals surface area contributed by atoms with Crippen LogP contribution < -0.4 is 21.3 Å². The quantitative estimate of drug-likeness (QED) is 0.0281. The van der Waals surface area contributed by atoms with Crippen molar-refractivity contribution in [2.24, 2.45) is 0 Å². The Balaban J connectivity index is 0.000000162. The zero-order valence-electron chi connectivity index (χ0n) is 61.4. The molecule has 28 heteroatoms. The summed E-state index contributed by atoms with van der Waals surface area (Å²) >= 11 is 42.4. The van der Waals surface area contributed by atoms with Gasteiger partial charge in [-0.1, -0.05) is 185 Å². The molecule has 8 aromatic heterocycles. The zero-order valence-corrected chi connectivity index (χ0v) is 66.7. The SMILES string of the molecule is CCCNC(=O)c1[nH]cc(-c2ccnc(Cl)c2)c1C.Cc1[nH]c(C(=O)N[C@H](CO)c2cccc(Cl)c2)c(C)c1-c1cc(Cl)ncc1CO.Cc1c(-c2cc(Cl)ncc2-c2ccccc2)c[nH]c1C(=O)N[C@H](CO)c1cccc(Cl)c1.N#Cc1cnc(Cl)cc1-c1c[nH]c(C(=O)N[C@H](CO)c2cccc(Cl)c2)c1-c1ccccc1. The second-order valence-electron chi connectivity index (χ2n) is 25.7. The highest BCUT2D eigenvalue weighted by Crippen LogP contribution is 2.40. The Bertz CT molecular complexity index is 5570. The number of halogens is 7. The van der Waals surface area contributed by atoms with E-state index in [4.69, 9.17) is 81.2 Å². The third kappa shape index (κ3) is 21.0. The molecule has 13 rings (SSSR count). The van der Waals surface area contributed by atoms with Gasteiger partial charge in [0.25, 0.3) is 23.6 Å². The Hall–Kier alpha value is -10.9. The molecule has 578 valence electrons. The van der Waals surface area contributed by atoms with Crippen molar-refractivity contribution in [1.29, 1.82) is 5.26 Å². The van der Waals surface area contributed by atoms with Crippen LogP contribution in [0.5, 0.6) is 0 Å². The molecule has 3 atom stereocenters. The lowest BCUT2D eigenvalue weighted by atomic mass is 9.94. The minimum atomic E-state index is -0.656. The molecular formula is C85H76Cl7N13O8. The molecule has 21 nitrogen and oxygen atoms in total. The predicted octanol–water partition coefficient (Wildman–Crippen LogP) is 18.3. The number of aromatic nitrogens is 8. The number of amides is 4. The molecule has 8 heterocycles. The molecule has 0 aliphatic rings. The number of nitriles is 1. The van der Waals surface area contributed by atoms with Crippen LogP contribution in [-0.2, 0) is 6.61 Å². The molecule has 113 heavy (non-hydrogen) atoms. The average Bonchev–Trinajstić information content (AvgIpc) is 1.59. The summed E-state index contributed by atoms with van der Waals surface area (Å²) in [7, 11) is 0. The molecule has 4 amide bonds. The maximum Gasteiger partial charge on any atom is 0.268 e. The van der Waals surface area contributed by atoms with E-state index in [0.29, 0.717) is 104 Å². The Morgan fingerprint density at radius 2 is 0.894 bits per heavy atom.